The van der Waals surface area contributed by atoms with Crippen LogP contribution in [0.4, 0.5) is 19.0 Å². The number of carbonyl (C=O) groups excluding carboxylic acids is 4. The summed E-state index contributed by atoms with van der Waals surface area (Å²) in [5.41, 5.74) is 1.09. The molecule has 2 aromatic heterocycles. The molecule has 4 amide bonds. The van der Waals surface area contributed by atoms with Crippen LogP contribution in [0.5, 0.6) is 5.75 Å². The van der Waals surface area contributed by atoms with Gasteiger partial charge in [-0.15, -0.1) is 11.3 Å². The van der Waals surface area contributed by atoms with Crippen molar-refractivity contribution in [3.63, 3.8) is 0 Å². The number of hydrogen-bond donors (Lipinski definition) is 2. The highest BCUT2D eigenvalue weighted by Gasteiger charge is 2.70. The molecule has 4 aliphatic rings. The van der Waals surface area contributed by atoms with Gasteiger partial charge in [-0.05, 0) is 71.7 Å². The summed E-state index contributed by atoms with van der Waals surface area (Å²) in [6.07, 6.45) is -2.21. The maximum Gasteiger partial charge on any atom is 0.417 e. The first-order valence-corrected chi connectivity index (χ1v) is 18.4. The Bertz CT molecular complexity index is 2230. The van der Waals surface area contributed by atoms with Gasteiger partial charge in [-0.2, -0.15) is 18.2 Å². The molecule has 0 bridgehead atoms. The minimum atomic E-state index is -4.75. The number of anilines is 1. The number of nitrogens with zero attached hydrogens (tertiary/aromatic N) is 3. The van der Waals surface area contributed by atoms with Crippen molar-refractivity contribution in [2.75, 3.05) is 5.43 Å². The van der Waals surface area contributed by atoms with E-state index in [1.165, 1.54) is 28.4 Å². The van der Waals surface area contributed by atoms with Crippen molar-refractivity contribution in [1.29, 1.82) is 0 Å². The van der Waals surface area contributed by atoms with Gasteiger partial charge in [0.2, 0.25) is 11.8 Å². The number of allylic oxidation sites excluding steroid dienone is 2. The number of carbonyl (C=O) groups is 4. The molecular formula is C37H26Cl3F3N4O5S. The number of fused-ring (bicyclic) bond motifs is 4. The first kappa shape index (κ1) is 35.6. The molecule has 2 aliphatic carbocycles. The molecule has 4 heterocycles. The fourth-order valence-electron chi connectivity index (χ4n) is 8.66. The molecule has 4 aromatic rings. The van der Waals surface area contributed by atoms with Crippen LogP contribution in [0.1, 0.15) is 40.3 Å². The summed E-state index contributed by atoms with van der Waals surface area (Å²) in [6, 6.07) is 14.9. The quantitative estimate of drug-likeness (QED) is 0.150. The third-order valence-electron chi connectivity index (χ3n) is 10.8. The van der Waals surface area contributed by atoms with Gasteiger partial charge in [-0.25, -0.2) is 4.98 Å². The molecule has 2 aromatic carbocycles. The number of aromatic hydroxyl groups is 1. The number of aromatic nitrogens is 1. The van der Waals surface area contributed by atoms with Gasteiger partial charge in [-0.3, -0.25) is 29.5 Å². The third-order valence-corrected chi connectivity index (χ3v) is 12.6. The summed E-state index contributed by atoms with van der Waals surface area (Å²) < 4.78 is 40.3. The van der Waals surface area contributed by atoms with Crippen molar-refractivity contribution in [1.82, 2.24) is 14.9 Å². The number of hydrazine groups is 1. The largest absolute Gasteiger partial charge is 0.508 e. The molecule has 2 saturated heterocycles. The van der Waals surface area contributed by atoms with E-state index in [0.717, 1.165) is 4.88 Å². The number of likely N-dealkylation sites (tertiary alicyclic amines) is 1. The molecule has 0 spiro atoms. The Balaban J connectivity index is 1.30. The number of amides is 4. The molecule has 2 N–H and O–H groups in total. The Morgan fingerprint density at radius 1 is 0.943 bits per heavy atom. The zero-order valence-corrected chi connectivity index (χ0v) is 30.2. The van der Waals surface area contributed by atoms with Crippen LogP contribution in [-0.2, 0) is 37.3 Å². The molecule has 1 saturated carbocycles. The highest BCUT2D eigenvalue weighted by molar-refractivity contribution is 7.09. The van der Waals surface area contributed by atoms with Crippen LogP contribution in [0.25, 0.3) is 0 Å². The van der Waals surface area contributed by atoms with Gasteiger partial charge in [0, 0.05) is 27.0 Å². The van der Waals surface area contributed by atoms with Crippen molar-refractivity contribution >= 4 is 75.6 Å². The fraction of sp³-hybridized carbons (Fsp3) is 0.270. The average Bonchev–Trinajstić information content (AvgIpc) is 3.77. The lowest BCUT2D eigenvalue weighted by Gasteiger charge is -2.50. The number of benzene rings is 2. The van der Waals surface area contributed by atoms with E-state index < -0.39 is 63.6 Å². The molecule has 6 atom stereocenters. The second-order valence-corrected chi connectivity index (χ2v) is 15.7. The number of phenolic OH excluding ortho intramolecular Hbond substituents is 1. The van der Waals surface area contributed by atoms with E-state index in [4.69, 9.17) is 34.8 Å². The number of alkyl halides is 3. The van der Waals surface area contributed by atoms with E-state index in [9.17, 15) is 32.7 Å². The number of halogens is 6. The fourth-order valence-corrected chi connectivity index (χ4v) is 9.97. The van der Waals surface area contributed by atoms with Gasteiger partial charge in [0.15, 0.2) is 5.82 Å². The van der Waals surface area contributed by atoms with E-state index in [2.05, 4.69) is 10.4 Å². The monoisotopic (exact) mass is 800 g/mol. The van der Waals surface area contributed by atoms with Crippen molar-refractivity contribution in [3.8, 4) is 5.75 Å². The number of imide groups is 2. The average molecular weight is 802 g/mol. The number of thiophene rings is 1. The Labute approximate surface area is 318 Å². The summed E-state index contributed by atoms with van der Waals surface area (Å²) in [5.74, 6) is -7.22. The van der Waals surface area contributed by atoms with E-state index in [1.807, 2.05) is 23.6 Å². The molecule has 16 heteroatoms. The van der Waals surface area contributed by atoms with Gasteiger partial charge in [0.1, 0.15) is 5.75 Å². The highest BCUT2D eigenvalue weighted by atomic mass is 35.5. The van der Waals surface area contributed by atoms with Crippen LogP contribution in [0, 0.1) is 23.7 Å². The first-order chi connectivity index (χ1) is 25.2. The number of nitrogens with one attached hydrogen (secondary N) is 1. The van der Waals surface area contributed by atoms with Crippen LogP contribution in [0.15, 0.2) is 83.9 Å². The predicted octanol–water partition coefficient (Wildman–Crippen LogP) is 8.01. The molecule has 9 nitrogen and oxygen atoms in total. The Kier molecular flexibility index (Phi) is 8.64. The summed E-state index contributed by atoms with van der Waals surface area (Å²) >= 11 is 20.8. The smallest absolute Gasteiger partial charge is 0.417 e. The molecule has 3 fully saturated rings. The van der Waals surface area contributed by atoms with E-state index in [0.29, 0.717) is 39.0 Å². The Morgan fingerprint density at radius 3 is 2.36 bits per heavy atom. The summed E-state index contributed by atoms with van der Waals surface area (Å²) in [4.78, 5) is 64.0. The molecule has 0 radical (unpaired) electrons. The van der Waals surface area contributed by atoms with Crippen molar-refractivity contribution in [2.24, 2.45) is 23.7 Å². The molecular weight excluding hydrogens is 776 g/mol. The molecule has 2 aliphatic heterocycles. The van der Waals surface area contributed by atoms with Crippen LogP contribution >= 0.6 is 46.1 Å². The molecule has 8 rings (SSSR count). The zero-order valence-electron chi connectivity index (χ0n) is 27.1. The normalized spacial score (nSPS) is 26.8. The molecule has 272 valence electrons. The predicted molar refractivity (Wildman–Crippen MR) is 190 cm³/mol. The molecule has 0 unspecified atom stereocenters. The van der Waals surface area contributed by atoms with Crippen molar-refractivity contribution in [3.05, 3.63) is 121 Å². The van der Waals surface area contributed by atoms with E-state index >= 15 is 4.79 Å². The Morgan fingerprint density at radius 2 is 1.70 bits per heavy atom. The maximum absolute atomic E-state index is 15.2. The summed E-state index contributed by atoms with van der Waals surface area (Å²) in [5, 5.41) is 12.9. The minimum Gasteiger partial charge on any atom is -0.508 e. The van der Waals surface area contributed by atoms with Gasteiger partial charge in [-0.1, -0.05) is 70.7 Å². The highest BCUT2D eigenvalue weighted by Crippen LogP contribution is 2.65. The van der Waals surface area contributed by atoms with Crippen LogP contribution in [0.2, 0.25) is 15.1 Å². The van der Waals surface area contributed by atoms with E-state index in [1.54, 1.807) is 30.3 Å². The maximum atomic E-state index is 15.2. The second-order valence-electron chi connectivity index (χ2n) is 13.5. The topological polar surface area (TPSA) is 120 Å². The SMILES string of the molecule is O=C1[C@H]2[C@H](CC=C3[C@H]2C[C@H]2C(=O)N(Nc4ncc(C(F)(F)F)cc4Cl)C(=O)[C@@]2(c2ccc(Cl)cc2)[C@H]3c2ccc(O)cc2Cl)C(=O)N1Cc1cccs1. The number of hydrogen-bond acceptors (Lipinski definition) is 8. The van der Waals surface area contributed by atoms with Gasteiger partial charge in [0.05, 0.1) is 40.3 Å². The summed E-state index contributed by atoms with van der Waals surface area (Å²) in [7, 11) is 0. The minimum absolute atomic E-state index is 0.0371. The van der Waals surface area contributed by atoms with Gasteiger partial charge < -0.3 is 5.11 Å². The van der Waals surface area contributed by atoms with Crippen molar-refractivity contribution < 1.29 is 37.5 Å². The number of phenols is 1. The van der Waals surface area contributed by atoms with Gasteiger partial charge >= 0.3 is 6.18 Å². The standard InChI is InChI=1S/C37H26Cl3F3N4O5S/c38-19-5-3-17(4-6-19)36-26(33(50)47(35(36)52)45-31-28(40)12-18(15-44-31)37(41,42)43)14-25-22(30(36)23-8-7-20(48)13-27(23)39)9-10-24-29(25)34(51)46(32(24)49)16-21-2-1-11-53-21/h1-9,11-13,15,24-26,29-30,48H,10,14,16H2,(H,44,45)/t24-,25+,26-,29-,30+,36+/m0/s1. The lowest BCUT2D eigenvalue weighted by Crippen LogP contribution is -2.53. The third kappa shape index (κ3) is 5.54. The lowest BCUT2D eigenvalue weighted by molar-refractivity contribution is -0.142. The van der Waals surface area contributed by atoms with Crippen molar-refractivity contribution in [2.45, 2.75) is 36.9 Å². The second kappa shape index (κ2) is 12.9. The Hall–Kier alpha value is -4.43. The lowest BCUT2D eigenvalue weighted by atomic mass is 9.49. The van der Waals surface area contributed by atoms with Gasteiger partial charge in [0.25, 0.3) is 11.8 Å². The molecule has 53 heavy (non-hydrogen) atoms. The number of pyridine rings is 1. The van der Waals surface area contributed by atoms with Crippen LogP contribution in [-0.4, -0.2) is 43.6 Å². The van der Waals surface area contributed by atoms with Crippen LogP contribution < -0.4 is 5.43 Å². The van der Waals surface area contributed by atoms with Crippen LogP contribution in [0.3, 0.4) is 0 Å². The first-order valence-electron chi connectivity index (χ1n) is 16.4. The zero-order chi connectivity index (χ0) is 37.6. The van der Waals surface area contributed by atoms with E-state index in [-0.39, 0.29) is 47.8 Å². The summed E-state index contributed by atoms with van der Waals surface area (Å²) in [6.45, 7) is 0.103. The number of rotatable bonds is 6.